The van der Waals surface area contributed by atoms with Crippen molar-refractivity contribution in [3.63, 3.8) is 0 Å². The van der Waals surface area contributed by atoms with E-state index in [1.807, 2.05) is 30.5 Å². The third-order valence-corrected chi connectivity index (χ3v) is 4.35. The van der Waals surface area contributed by atoms with Crippen molar-refractivity contribution < 1.29 is 9.13 Å². The molecular weight excluding hydrogens is 293 g/mol. The van der Waals surface area contributed by atoms with Gasteiger partial charge in [0.15, 0.2) is 0 Å². The van der Waals surface area contributed by atoms with Crippen molar-refractivity contribution in [2.45, 2.75) is 5.92 Å². The lowest BCUT2D eigenvalue weighted by Crippen LogP contribution is -2.45. The molecule has 0 N–H and O–H groups in total. The number of pyridine rings is 2. The molecule has 1 aliphatic rings. The molecule has 3 heterocycles. The number of hydrogen-bond acceptors (Lipinski definition) is 4. The Labute approximate surface area is 133 Å². The van der Waals surface area contributed by atoms with Gasteiger partial charge in [-0.15, -0.1) is 0 Å². The normalized spacial score (nSPS) is 14.8. The first-order valence-corrected chi connectivity index (χ1v) is 7.54. The van der Waals surface area contributed by atoms with Crippen LogP contribution in [0.2, 0.25) is 0 Å². The maximum Gasteiger partial charge on any atom is 0.213 e. The van der Waals surface area contributed by atoms with Gasteiger partial charge in [-0.25, -0.2) is 9.37 Å². The molecule has 0 spiro atoms. The zero-order valence-electron chi connectivity index (χ0n) is 12.7. The number of nitrogens with zero attached hydrogens (tertiary/aromatic N) is 3. The summed E-state index contributed by atoms with van der Waals surface area (Å²) in [6.07, 6.45) is 3.59. The second-order valence-electron chi connectivity index (χ2n) is 5.72. The molecule has 2 aromatic heterocycles. The molecule has 0 bridgehead atoms. The summed E-state index contributed by atoms with van der Waals surface area (Å²) >= 11 is 0. The Morgan fingerprint density at radius 3 is 2.74 bits per heavy atom. The van der Waals surface area contributed by atoms with Crippen LogP contribution < -0.4 is 9.64 Å². The van der Waals surface area contributed by atoms with Crippen molar-refractivity contribution in [1.82, 2.24) is 9.97 Å². The minimum Gasteiger partial charge on any atom is -0.481 e. The van der Waals surface area contributed by atoms with Gasteiger partial charge in [0, 0.05) is 42.7 Å². The van der Waals surface area contributed by atoms with Crippen LogP contribution in [-0.2, 0) is 0 Å². The van der Waals surface area contributed by atoms with Crippen LogP contribution in [-0.4, -0.2) is 30.2 Å². The molecule has 0 saturated carbocycles. The summed E-state index contributed by atoms with van der Waals surface area (Å²) in [4.78, 5) is 10.8. The van der Waals surface area contributed by atoms with E-state index in [-0.39, 0.29) is 5.82 Å². The van der Waals surface area contributed by atoms with Crippen LogP contribution in [0, 0.1) is 5.82 Å². The second kappa shape index (κ2) is 5.50. The first kappa shape index (κ1) is 13.9. The van der Waals surface area contributed by atoms with Gasteiger partial charge in [0.05, 0.1) is 24.5 Å². The lowest BCUT2D eigenvalue weighted by Gasteiger charge is -2.41. The molecule has 1 aliphatic heterocycles. The molecule has 1 aromatic carbocycles. The molecule has 0 atom stereocenters. The summed E-state index contributed by atoms with van der Waals surface area (Å²) in [7, 11) is 1.61. The molecule has 0 aliphatic carbocycles. The fourth-order valence-corrected chi connectivity index (χ4v) is 3.07. The molecule has 4 rings (SSSR count). The van der Waals surface area contributed by atoms with Gasteiger partial charge in [0.25, 0.3) is 0 Å². The van der Waals surface area contributed by atoms with Crippen molar-refractivity contribution in [1.29, 1.82) is 0 Å². The molecule has 1 fully saturated rings. The molecule has 4 nitrogen and oxygen atoms in total. The molecule has 1 saturated heterocycles. The fourth-order valence-electron chi connectivity index (χ4n) is 3.07. The number of fused-ring (bicyclic) bond motifs is 1. The molecule has 116 valence electrons. The summed E-state index contributed by atoms with van der Waals surface area (Å²) in [5.41, 5.74) is 3.03. The van der Waals surface area contributed by atoms with Crippen LogP contribution in [0.4, 0.5) is 10.1 Å². The lowest BCUT2D eigenvalue weighted by atomic mass is 9.89. The number of hydrogen-bond donors (Lipinski definition) is 0. The van der Waals surface area contributed by atoms with Gasteiger partial charge in [-0.1, -0.05) is 0 Å². The smallest absolute Gasteiger partial charge is 0.213 e. The second-order valence-corrected chi connectivity index (χ2v) is 5.72. The van der Waals surface area contributed by atoms with E-state index in [2.05, 4.69) is 14.9 Å². The lowest BCUT2D eigenvalue weighted by molar-refractivity contribution is 0.397. The average Bonchev–Trinajstić information content (AvgIpc) is 2.54. The number of aromatic nitrogens is 2. The summed E-state index contributed by atoms with van der Waals surface area (Å²) in [6, 6.07) is 10.7. The largest absolute Gasteiger partial charge is 0.481 e. The SMILES string of the molecule is COc1ccc(N2CC(c3ccnc4cc(F)ccc34)C2)cn1. The highest BCUT2D eigenvalue weighted by Crippen LogP contribution is 2.34. The highest BCUT2D eigenvalue weighted by molar-refractivity contribution is 5.83. The Morgan fingerprint density at radius 2 is 2.00 bits per heavy atom. The van der Waals surface area contributed by atoms with E-state index in [0.717, 1.165) is 24.2 Å². The molecule has 0 amide bonds. The van der Waals surface area contributed by atoms with Gasteiger partial charge in [-0.3, -0.25) is 4.98 Å². The van der Waals surface area contributed by atoms with Crippen LogP contribution in [0.5, 0.6) is 5.88 Å². The van der Waals surface area contributed by atoms with Crippen molar-refractivity contribution in [2.24, 2.45) is 0 Å². The van der Waals surface area contributed by atoms with Crippen LogP contribution in [0.3, 0.4) is 0 Å². The average molecular weight is 309 g/mol. The minimum absolute atomic E-state index is 0.248. The Kier molecular flexibility index (Phi) is 3.33. The summed E-state index contributed by atoms with van der Waals surface area (Å²) in [5, 5.41) is 1.03. The van der Waals surface area contributed by atoms with E-state index in [1.165, 1.54) is 17.7 Å². The van der Waals surface area contributed by atoms with Gasteiger partial charge in [0.1, 0.15) is 5.82 Å². The number of methoxy groups -OCH3 is 1. The highest BCUT2D eigenvalue weighted by Gasteiger charge is 2.29. The van der Waals surface area contributed by atoms with E-state index in [1.54, 1.807) is 13.3 Å². The summed E-state index contributed by atoms with van der Waals surface area (Å²) < 4.78 is 18.4. The zero-order chi connectivity index (χ0) is 15.8. The Hall–Kier alpha value is -2.69. The highest BCUT2D eigenvalue weighted by atomic mass is 19.1. The van der Waals surface area contributed by atoms with Crippen LogP contribution in [0.15, 0.2) is 48.8 Å². The van der Waals surface area contributed by atoms with E-state index < -0.39 is 0 Å². The van der Waals surface area contributed by atoms with E-state index in [9.17, 15) is 4.39 Å². The van der Waals surface area contributed by atoms with Crippen molar-refractivity contribution in [3.8, 4) is 5.88 Å². The van der Waals surface area contributed by atoms with Gasteiger partial charge >= 0.3 is 0 Å². The molecule has 23 heavy (non-hydrogen) atoms. The van der Waals surface area contributed by atoms with Crippen molar-refractivity contribution in [2.75, 3.05) is 25.1 Å². The predicted molar refractivity (Wildman–Crippen MR) is 87.4 cm³/mol. The quantitative estimate of drug-likeness (QED) is 0.743. The number of halogens is 1. The van der Waals surface area contributed by atoms with E-state index >= 15 is 0 Å². The van der Waals surface area contributed by atoms with Gasteiger partial charge in [-0.2, -0.15) is 0 Å². The van der Waals surface area contributed by atoms with E-state index in [4.69, 9.17) is 4.74 Å². The van der Waals surface area contributed by atoms with Crippen molar-refractivity contribution in [3.05, 3.63) is 60.2 Å². The monoisotopic (exact) mass is 309 g/mol. The molecule has 0 radical (unpaired) electrons. The first-order valence-electron chi connectivity index (χ1n) is 7.54. The topological polar surface area (TPSA) is 38.2 Å². The Bertz CT molecular complexity index is 845. The van der Waals surface area contributed by atoms with Gasteiger partial charge in [0.2, 0.25) is 5.88 Å². The van der Waals surface area contributed by atoms with Crippen molar-refractivity contribution >= 4 is 16.6 Å². The number of rotatable bonds is 3. The molecular formula is C18H16FN3O. The number of benzene rings is 1. The summed E-state index contributed by atoms with van der Waals surface area (Å²) in [5.74, 6) is 0.794. The van der Waals surface area contributed by atoms with Crippen LogP contribution in [0.1, 0.15) is 11.5 Å². The Morgan fingerprint density at radius 1 is 1.13 bits per heavy atom. The maximum absolute atomic E-state index is 13.3. The maximum atomic E-state index is 13.3. The van der Waals surface area contributed by atoms with E-state index in [0.29, 0.717) is 17.3 Å². The van der Waals surface area contributed by atoms with Gasteiger partial charge < -0.3 is 9.64 Å². The van der Waals surface area contributed by atoms with Crippen LogP contribution in [0.25, 0.3) is 10.9 Å². The van der Waals surface area contributed by atoms with Crippen LogP contribution >= 0.6 is 0 Å². The third-order valence-electron chi connectivity index (χ3n) is 4.35. The van der Waals surface area contributed by atoms with Gasteiger partial charge in [-0.05, 0) is 29.8 Å². The minimum atomic E-state index is -0.248. The Balaban J connectivity index is 1.55. The summed E-state index contributed by atoms with van der Waals surface area (Å²) in [6.45, 7) is 1.84. The standard InChI is InChI=1S/C18H16FN3O/c1-23-18-5-3-14(9-21-18)22-10-12(11-22)15-6-7-20-17-8-13(19)2-4-16(15)17/h2-9,12H,10-11H2,1H3. The number of ether oxygens (including phenoxy) is 1. The molecule has 5 heteroatoms. The molecule has 0 unspecified atom stereocenters. The zero-order valence-corrected chi connectivity index (χ0v) is 12.7. The predicted octanol–water partition coefficient (Wildman–Crippen LogP) is 3.38. The first-order chi connectivity index (χ1) is 11.2. The third kappa shape index (κ3) is 2.48. The molecule has 3 aromatic rings. The fraction of sp³-hybridized carbons (Fsp3) is 0.222. The number of anilines is 1.